The monoisotopic (exact) mass is 335 g/mol. The third kappa shape index (κ3) is 4.68. The second kappa shape index (κ2) is 7.10. The van der Waals surface area contributed by atoms with Crippen LogP contribution in [0.15, 0.2) is 52.2 Å². The van der Waals surface area contributed by atoms with Crippen molar-refractivity contribution in [2.24, 2.45) is 5.10 Å². The molecule has 7 nitrogen and oxygen atoms in total. The molecule has 0 atom stereocenters. The lowest BCUT2D eigenvalue weighted by Gasteiger charge is -2.22. The summed E-state index contributed by atoms with van der Waals surface area (Å²) < 4.78 is 30.0. The van der Waals surface area contributed by atoms with E-state index >= 15 is 0 Å². The summed E-state index contributed by atoms with van der Waals surface area (Å²) in [6.07, 6.45) is 3.86. The predicted octanol–water partition coefficient (Wildman–Crippen LogP) is 1.50. The first kappa shape index (κ1) is 16.8. The predicted molar refractivity (Wildman–Crippen MR) is 87.8 cm³/mol. The largest absolute Gasteiger partial charge is 0.463 e. The number of aryl methyl sites for hydroxylation is 1. The van der Waals surface area contributed by atoms with E-state index in [1.807, 2.05) is 0 Å². The molecule has 2 rings (SSSR count). The lowest BCUT2D eigenvalue weighted by molar-refractivity contribution is -0.119. The van der Waals surface area contributed by atoms with E-state index in [0.717, 1.165) is 16.1 Å². The molecule has 1 aromatic heterocycles. The highest BCUT2D eigenvalue weighted by Gasteiger charge is 2.21. The second-order valence-electron chi connectivity index (χ2n) is 4.86. The van der Waals surface area contributed by atoms with Crippen LogP contribution in [0.2, 0.25) is 0 Å². The SMILES string of the molecule is Cc1ccccc1N(CC(=O)N/N=C\c1ccco1)S(C)(=O)=O. The Morgan fingerprint density at radius 1 is 1.30 bits per heavy atom. The van der Waals surface area contributed by atoms with Gasteiger partial charge in [-0.15, -0.1) is 0 Å². The lowest BCUT2D eigenvalue weighted by Crippen LogP contribution is -2.39. The zero-order chi connectivity index (χ0) is 16.9. The summed E-state index contributed by atoms with van der Waals surface area (Å²) in [4.78, 5) is 12.0. The van der Waals surface area contributed by atoms with Crippen LogP contribution >= 0.6 is 0 Å². The quantitative estimate of drug-likeness (QED) is 0.640. The number of hydrazone groups is 1. The summed E-state index contributed by atoms with van der Waals surface area (Å²) in [6, 6.07) is 10.3. The number of carbonyl (C=O) groups is 1. The Bertz CT molecular complexity index is 798. The minimum absolute atomic E-state index is 0.362. The Morgan fingerprint density at radius 2 is 2.04 bits per heavy atom. The third-order valence-electron chi connectivity index (χ3n) is 3.00. The smallest absolute Gasteiger partial charge is 0.260 e. The molecule has 0 aliphatic heterocycles. The summed E-state index contributed by atoms with van der Waals surface area (Å²) in [5.41, 5.74) is 3.49. The molecule has 23 heavy (non-hydrogen) atoms. The van der Waals surface area contributed by atoms with Gasteiger partial charge in [0.2, 0.25) is 10.0 Å². The fraction of sp³-hybridized carbons (Fsp3) is 0.200. The van der Waals surface area contributed by atoms with Gasteiger partial charge in [-0.05, 0) is 30.7 Å². The average Bonchev–Trinajstić information content (AvgIpc) is 2.98. The van der Waals surface area contributed by atoms with Crippen molar-refractivity contribution in [1.29, 1.82) is 0 Å². The van der Waals surface area contributed by atoms with Crippen LogP contribution in [-0.2, 0) is 14.8 Å². The molecule has 1 heterocycles. The highest BCUT2D eigenvalue weighted by molar-refractivity contribution is 7.92. The summed E-state index contributed by atoms with van der Waals surface area (Å²) in [5.74, 6) is -0.0781. The number of hydrogen-bond donors (Lipinski definition) is 1. The number of nitrogens with one attached hydrogen (secondary N) is 1. The van der Waals surface area contributed by atoms with Crippen LogP contribution in [-0.4, -0.2) is 33.3 Å². The molecule has 1 N–H and O–H groups in total. The number of benzene rings is 1. The molecule has 0 bridgehead atoms. The van der Waals surface area contributed by atoms with E-state index in [0.29, 0.717) is 11.4 Å². The third-order valence-corrected chi connectivity index (χ3v) is 4.12. The van der Waals surface area contributed by atoms with Crippen LogP contribution in [0.3, 0.4) is 0 Å². The van der Waals surface area contributed by atoms with Crippen molar-refractivity contribution < 1.29 is 17.6 Å². The van der Waals surface area contributed by atoms with Gasteiger partial charge < -0.3 is 4.42 Å². The average molecular weight is 335 g/mol. The highest BCUT2D eigenvalue weighted by atomic mass is 32.2. The van der Waals surface area contributed by atoms with Gasteiger partial charge >= 0.3 is 0 Å². The van der Waals surface area contributed by atoms with Crippen molar-refractivity contribution in [3.8, 4) is 0 Å². The Morgan fingerprint density at radius 3 is 2.65 bits per heavy atom. The minimum Gasteiger partial charge on any atom is -0.463 e. The molecule has 0 aliphatic carbocycles. The summed E-state index contributed by atoms with van der Waals surface area (Å²) >= 11 is 0. The molecule has 0 saturated heterocycles. The van der Waals surface area contributed by atoms with Crippen molar-refractivity contribution in [2.45, 2.75) is 6.92 Å². The number of anilines is 1. The number of amides is 1. The first-order valence-electron chi connectivity index (χ1n) is 6.76. The van der Waals surface area contributed by atoms with E-state index in [1.165, 1.54) is 12.5 Å². The van der Waals surface area contributed by atoms with E-state index in [-0.39, 0.29) is 6.54 Å². The Labute approximate surface area is 134 Å². The number of rotatable bonds is 6. The molecule has 0 spiro atoms. The maximum Gasteiger partial charge on any atom is 0.260 e. The van der Waals surface area contributed by atoms with Gasteiger partial charge in [-0.1, -0.05) is 18.2 Å². The van der Waals surface area contributed by atoms with Gasteiger partial charge in [0, 0.05) is 0 Å². The van der Waals surface area contributed by atoms with Crippen molar-refractivity contribution in [3.05, 3.63) is 54.0 Å². The van der Waals surface area contributed by atoms with E-state index in [9.17, 15) is 13.2 Å². The molecule has 8 heteroatoms. The first-order valence-corrected chi connectivity index (χ1v) is 8.61. The number of furan rings is 1. The van der Waals surface area contributed by atoms with Crippen molar-refractivity contribution in [1.82, 2.24) is 5.43 Å². The Balaban J connectivity index is 2.10. The van der Waals surface area contributed by atoms with Crippen LogP contribution < -0.4 is 9.73 Å². The van der Waals surface area contributed by atoms with Crippen LogP contribution in [0.5, 0.6) is 0 Å². The number of hydrogen-bond acceptors (Lipinski definition) is 5. The Kier molecular flexibility index (Phi) is 5.17. The van der Waals surface area contributed by atoms with Crippen LogP contribution in [0.1, 0.15) is 11.3 Å². The number of sulfonamides is 1. The molecule has 0 fully saturated rings. The minimum atomic E-state index is -3.60. The Hall–Kier alpha value is -2.61. The molecule has 2 aromatic rings. The normalized spacial score (nSPS) is 11.6. The van der Waals surface area contributed by atoms with Gasteiger partial charge in [-0.2, -0.15) is 5.10 Å². The maximum absolute atomic E-state index is 12.0. The summed E-state index contributed by atoms with van der Waals surface area (Å²) in [5, 5.41) is 3.73. The summed E-state index contributed by atoms with van der Waals surface area (Å²) in [7, 11) is -3.60. The molecule has 122 valence electrons. The van der Waals surface area contributed by atoms with E-state index < -0.39 is 15.9 Å². The maximum atomic E-state index is 12.0. The first-order chi connectivity index (χ1) is 10.9. The van der Waals surface area contributed by atoms with Crippen molar-refractivity contribution in [3.63, 3.8) is 0 Å². The van der Waals surface area contributed by atoms with Crippen molar-refractivity contribution in [2.75, 3.05) is 17.1 Å². The van der Waals surface area contributed by atoms with Gasteiger partial charge in [0.15, 0.2) is 0 Å². The van der Waals surface area contributed by atoms with Gasteiger partial charge in [0.05, 0.1) is 24.4 Å². The molecule has 1 amide bonds. The van der Waals surface area contributed by atoms with Gasteiger partial charge in [0.1, 0.15) is 12.3 Å². The van der Waals surface area contributed by atoms with Gasteiger partial charge in [-0.3, -0.25) is 9.10 Å². The highest BCUT2D eigenvalue weighted by Crippen LogP contribution is 2.21. The van der Waals surface area contributed by atoms with Crippen LogP contribution in [0.25, 0.3) is 0 Å². The molecule has 1 aromatic carbocycles. The van der Waals surface area contributed by atoms with Crippen LogP contribution in [0.4, 0.5) is 5.69 Å². The van der Waals surface area contributed by atoms with Gasteiger partial charge in [0.25, 0.3) is 5.91 Å². The lowest BCUT2D eigenvalue weighted by atomic mass is 10.2. The molecule has 0 aliphatic rings. The molecule has 0 saturated carbocycles. The van der Waals surface area contributed by atoms with Crippen LogP contribution in [0, 0.1) is 6.92 Å². The second-order valence-corrected chi connectivity index (χ2v) is 6.77. The number of nitrogens with zero attached hydrogens (tertiary/aromatic N) is 2. The zero-order valence-electron chi connectivity index (χ0n) is 12.8. The molecular formula is C15H17N3O4S. The standard InChI is InChI=1S/C15H17N3O4S/c1-12-6-3-4-8-14(12)18(23(2,20)21)11-15(19)17-16-10-13-7-5-9-22-13/h3-10H,11H2,1-2H3,(H,17,19)/b16-10-. The summed E-state index contributed by atoms with van der Waals surface area (Å²) in [6.45, 7) is 1.42. The fourth-order valence-corrected chi connectivity index (χ4v) is 2.84. The van der Waals surface area contributed by atoms with E-state index in [1.54, 1.807) is 43.3 Å². The molecule has 0 radical (unpaired) electrons. The van der Waals surface area contributed by atoms with E-state index in [4.69, 9.17) is 4.42 Å². The van der Waals surface area contributed by atoms with Crippen molar-refractivity contribution >= 4 is 27.8 Å². The van der Waals surface area contributed by atoms with E-state index in [2.05, 4.69) is 10.5 Å². The molecular weight excluding hydrogens is 318 g/mol. The fourth-order valence-electron chi connectivity index (χ4n) is 1.92. The topological polar surface area (TPSA) is 92.0 Å². The zero-order valence-corrected chi connectivity index (χ0v) is 13.6. The number of carbonyl (C=O) groups excluding carboxylic acids is 1. The van der Waals surface area contributed by atoms with Gasteiger partial charge in [-0.25, -0.2) is 13.8 Å². The molecule has 0 unspecified atom stereocenters. The number of para-hydroxylation sites is 1.